The maximum Gasteiger partial charge on any atom is 0.145 e. The molecule has 0 amide bonds. The second-order valence-corrected chi connectivity index (χ2v) is 5.96. The molecule has 3 nitrogen and oxygen atoms in total. The van der Waals surface area contributed by atoms with Crippen LogP contribution in [0, 0.1) is 5.92 Å². The average Bonchev–Trinajstić information content (AvgIpc) is 2.94. The molecule has 0 atom stereocenters. The molecule has 0 spiro atoms. The molecule has 1 aliphatic carbocycles. The van der Waals surface area contributed by atoms with E-state index in [2.05, 4.69) is 21.9 Å². The number of thiophene rings is 1. The van der Waals surface area contributed by atoms with E-state index in [-0.39, 0.29) is 0 Å². The van der Waals surface area contributed by atoms with Crippen LogP contribution in [-0.2, 0) is 6.54 Å². The lowest BCUT2D eigenvalue weighted by Gasteiger charge is -2.14. The van der Waals surface area contributed by atoms with Gasteiger partial charge in [0.2, 0.25) is 0 Å². The molecule has 0 saturated heterocycles. The van der Waals surface area contributed by atoms with Gasteiger partial charge in [-0.1, -0.05) is 11.6 Å². The van der Waals surface area contributed by atoms with Gasteiger partial charge >= 0.3 is 0 Å². The molecule has 5 heteroatoms. The number of nitrogens with zero attached hydrogens (tertiary/aromatic N) is 3. The monoisotopic (exact) mass is 267 g/mol. The summed E-state index contributed by atoms with van der Waals surface area (Å²) in [5.74, 6) is 1.72. The molecule has 17 heavy (non-hydrogen) atoms. The van der Waals surface area contributed by atoms with E-state index in [9.17, 15) is 0 Å². The van der Waals surface area contributed by atoms with E-state index in [0.29, 0.717) is 5.15 Å². The molecule has 0 aromatic carbocycles. The molecule has 2 aromatic heterocycles. The summed E-state index contributed by atoms with van der Waals surface area (Å²) >= 11 is 7.76. The summed E-state index contributed by atoms with van der Waals surface area (Å²) in [4.78, 5) is 12.2. The van der Waals surface area contributed by atoms with Crippen LogP contribution in [0.25, 0.3) is 10.2 Å². The second-order valence-electron chi connectivity index (χ2n) is 4.71. The maximum absolute atomic E-state index is 6.14. The first-order valence-electron chi connectivity index (χ1n) is 5.80. The van der Waals surface area contributed by atoms with Crippen LogP contribution < -0.4 is 0 Å². The predicted octanol–water partition coefficient (Wildman–Crippen LogP) is 3.19. The fraction of sp³-hybridized carbons (Fsp3) is 0.500. The van der Waals surface area contributed by atoms with Gasteiger partial charge in [0.1, 0.15) is 15.8 Å². The zero-order chi connectivity index (χ0) is 11.8. The molecule has 1 aliphatic rings. The predicted molar refractivity (Wildman–Crippen MR) is 71.5 cm³/mol. The van der Waals surface area contributed by atoms with Crippen LogP contribution in [0.3, 0.4) is 0 Å². The minimum Gasteiger partial charge on any atom is -0.299 e. The molecule has 3 rings (SSSR count). The molecule has 0 radical (unpaired) electrons. The molecule has 1 saturated carbocycles. The van der Waals surface area contributed by atoms with E-state index >= 15 is 0 Å². The molecule has 1 fully saturated rings. The molecule has 90 valence electrons. The fourth-order valence-corrected chi connectivity index (χ4v) is 3.07. The quantitative estimate of drug-likeness (QED) is 0.797. The smallest absolute Gasteiger partial charge is 0.145 e. The second kappa shape index (κ2) is 4.52. The Bertz CT molecular complexity index is 536. The van der Waals surface area contributed by atoms with Crippen molar-refractivity contribution in [2.45, 2.75) is 19.4 Å². The number of rotatable bonds is 4. The largest absolute Gasteiger partial charge is 0.299 e. The normalized spacial score (nSPS) is 15.9. The lowest BCUT2D eigenvalue weighted by atomic mass is 10.3. The van der Waals surface area contributed by atoms with E-state index in [4.69, 9.17) is 11.6 Å². The van der Waals surface area contributed by atoms with Crippen LogP contribution in [0.4, 0.5) is 0 Å². The van der Waals surface area contributed by atoms with Gasteiger partial charge in [-0.15, -0.1) is 11.3 Å². The van der Waals surface area contributed by atoms with Gasteiger partial charge in [-0.2, -0.15) is 0 Å². The number of aromatic nitrogens is 2. The minimum atomic E-state index is 0.575. The third-order valence-corrected chi connectivity index (χ3v) is 4.10. The number of hydrogen-bond donors (Lipinski definition) is 0. The standard InChI is InChI=1S/C12H14ClN3S/c1-16(6-8-2-3-8)7-10-14-11(13)9-4-5-17-12(9)15-10/h4-5,8H,2-3,6-7H2,1H3. The third-order valence-electron chi connectivity index (χ3n) is 3.00. The highest BCUT2D eigenvalue weighted by Crippen LogP contribution is 2.30. The van der Waals surface area contributed by atoms with E-state index in [1.54, 1.807) is 11.3 Å². The first-order chi connectivity index (χ1) is 8.22. The molecule has 2 heterocycles. The first-order valence-corrected chi connectivity index (χ1v) is 7.06. The van der Waals surface area contributed by atoms with Gasteiger partial charge in [0.25, 0.3) is 0 Å². The Kier molecular flexibility index (Phi) is 3.03. The zero-order valence-corrected chi connectivity index (χ0v) is 11.3. The van der Waals surface area contributed by atoms with E-state index < -0.39 is 0 Å². The minimum absolute atomic E-state index is 0.575. The Balaban J connectivity index is 1.79. The Morgan fingerprint density at radius 1 is 1.47 bits per heavy atom. The van der Waals surface area contributed by atoms with E-state index in [1.165, 1.54) is 12.8 Å². The van der Waals surface area contributed by atoms with Crippen LogP contribution >= 0.6 is 22.9 Å². The lowest BCUT2D eigenvalue weighted by molar-refractivity contribution is 0.306. The van der Waals surface area contributed by atoms with Crippen molar-refractivity contribution in [2.75, 3.05) is 13.6 Å². The van der Waals surface area contributed by atoms with Gasteiger partial charge in [-0.25, -0.2) is 9.97 Å². The Hall–Kier alpha value is -0.710. The maximum atomic E-state index is 6.14. The van der Waals surface area contributed by atoms with Crippen molar-refractivity contribution < 1.29 is 0 Å². The number of fused-ring (bicyclic) bond motifs is 1. The van der Waals surface area contributed by atoms with Gasteiger partial charge in [0.05, 0.1) is 6.54 Å². The van der Waals surface area contributed by atoms with Gasteiger partial charge in [-0.3, -0.25) is 4.90 Å². The van der Waals surface area contributed by atoms with Gasteiger partial charge in [-0.05, 0) is 37.3 Å². The highest BCUT2D eigenvalue weighted by Gasteiger charge is 2.23. The van der Waals surface area contributed by atoms with Crippen LogP contribution in [0.1, 0.15) is 18.7 Å². The Labute approximate surface area is 109 Å². The zero-order valence-electron chi connectivity index (χ0n) is 9.69. The molecule has 0 bridgehead atoms. The highest BCUT2D eigenvalue weighted by atomic mass is 35.5. The van der Waals surface area contributed by atoms with Crippen LogP contribution in [0.5, 0.6) is 0 Å². The molecular formula is C12H14ClN3S. The van der Waals surface area contributed by atoms with Crippen molar-refractivity contribution in [3.05, 3.63) is 22.4 Å². The lowest BCUT2D eigenvalue weighted by Crippen LogP contribution is -2.21. The molecule has 0 unspecified atom stereocenters. The summed E-state index contributed by atoms with van der Waals surface area (Å²) in [6, 6.07) is 1.97. The van der Waals surface area contributed by atoms with Gasteiger partial charge in [0.15, 0.2) is 0 Å². The van der Waals surface area contributed by atoms with Crippen molar-refractivity contribution in [1.82, 2.24) is 14.9 Å². The summed E-state index contributed by atoms with van der Waals surface area (Å²) in [7, 11) is 2.12. The summed E-state index contributed by atoms with van der Waals surface area (Å²) in [6.45, 7) is 1.92. The fourth-order valence-electron chi connectivity index (χ4n) is 1.98. The van der Waals surface area contributed by atoms with Crippen LogP contribution in [0.15, 0.2) is 11.4 Å². The van der Waals surface area contributed by atoms with Crippen molar-refractivity contribution >= 4 is 33.2 Å². The summed E-state index contributed by atoms with van der Waals surface area (Å²) in [5.41, 5.74) is 0. The molecule has 2 aromatic rings. The van der Waals surface area contributed by atoms with E-state index in [0.717, 1.165) is 35.0 Å². The molecule has 0 N–H and O–H groups in total. The number of hydrogen-bond acceptors (Lipinski definition) is 4. The summed E-state index contributed by atoms with van der Waals surface area (Å²) in [5, 5.41) is 3.54. The van der Waals surface area contributed by atoms with Crippen molar-refractivity contribution in [3.63, 3.8) is 0 Å². The summed E-state index contributed by atoms with van der Waals surface area (Å²) < 4.78 is 0. The molecular weight excluding hydrogens is 254 g/mol. The van der Waals surface area contributed by atoms with Crippen molar-refractivity contribution in [3.8, 4) is 0 Å². The van der Waals surface area contributed by atoms with Crippen LogP contribution in [-0.4, -0.2) is 28.5 Å². The van der Waals surface area contributed by atoms with Crippen molar-refractivity contribution in [1.29, 1.82) is 0 Å². The Morgan fingerprint density at radius 2 is 2.29 bits per heavy atom. The molecule has 0 aliphatic heterocycles. The summed E-state index contributed by atoms with van der Waals surface area (Å²) in [6.07, 6.45) is 2.74. The van der Waals surface area contributed by atoms with E-state index in [1.807, 2.05) is 11.4 Å². The van der Waals surface area contributed by atoms with Gasteiger partial charge < -0.3 is 0 Å². The highest BCUT2D eigenvalue weighted by molar-refractivity contribution is 7.16. The van der Waals surface area contributed by atoms with Crippen molar-refractivity contribution in [2.24, 2.45) is 5.92 Å². The third kappa shape index (κ3) is 2.59. The topological polar surface area (TPSA) is 29.0 Å². The van der Waals surface area contributed by atoms with Crippen LogP contribution in [0.2, 0.25) is 5.15 Å². The Morgan fingerprint density at radius 3 is 3.06 bits per heavy atom. The number of halogens is 1. The SMILES string of the molecule is CN(Cc1nc(Cl)c2ccsc2n1)CC1CC1. The van der Waals surface area contributed by atoms with Gasteiger partial charge in [0, 0.05) is 11.9 Å². The first kappa shape index (κ1) is 11.4. The average molecular weight is 268 g/mol.